The minimum atomic E-state index is -0.0455. The van der Waals surface area contributed by atoms with Crippen LogP contribution in [0.1, 0.15) is 5.56 Å². The smallest absolute Gasteiger partial charge is 0.145 e. The van der Waals surface area contributed by atoms with E-state index in [2.05, 4.69) is 233 Å². The fraction of sp³-hybridized carbons (Fsp3) is 0.0172. The maximum absolute atomic E-state index is 5.14. The molecular formula is C58H38N4. The van der Waals surface area contributed by atoms with Crippen molar-refractivity contribution in [3.05, 3.63) is 224 Å². The van der Waals surface area contributed by atoms with Crippen molar-refractivity contribution in [3.63, 3.8) is 0 Å². The van der Waals surface area contributed by atoms with E-state index < -0.39 is 0 Å². The Bertz CT molecular complexity index is 3690. The summed E-state index contributed by atoms with van der Waals surface area (Å²) >= 11 is 0. The lowest BCUT2D eigenvalue weighted by Crippen LogP contribution is -2.31. The van der Waals surface area contributed by atoms with Crippen LogP contribution in [-0.2, 0) is 0 Å². The monoisotopic (exact) mass is 790 g/mol. The van der Waals surface area contributed by atoms with E-state index in [0.29, 0.717) is 0 Å². The quantitative estimate of drug-likeness (QED) is 0.188. The van der Waals surface area contributed by atoms with Gasteiger partial charge in [-0.3, -0.25) is 4.57 Å². The average Bonchev–Trinajstić information content (AvgIpc) is 3.92. The van der Waals surface area contributed by atoms with Crippen LogP contribution in [0.15, 0.2) is 219 Å². The number of aromatic nitrogens is 2. The number of nitrogens with one attached hydrogen (secondary N) is 1. The summed E-state index contributed by atoms with van der Waals surface area (Å²) < 4.78 is 2.27. The molecule has 13 rings (SSSR count). The molecule has 2 aliphatic heterocycles. The van der Waals surface area contributed by atoms with Crippen LogP contribution in [0.25, 0.3) is 99.0 Å². The SMILES string of the molecule is C1=CC2Nc3c(c(-c4ccc5ccccc5c4)c4ccccc4c3-c3ccc4ccccc4c3)N2C=C1c1ccc2cc(-c3nc4ccccc4n3-c3ccccc3)ccc2c1. The zero-order valence-electron chi connectivity index (χ0n) is 33.7. The van der Waals surface area contributed by atoms with E-state index in [1.807, 2.05) is 0 Å². The van der Waals surface area contributed by atoms with Crippen LogP contribution in [0.5, 0.6) is 0 Å². The average molecular weight is 791 g/mol. The molecule has 62 heavy (non-hydrogen) atoms. The van der Waals surface area contributed by atoms with Gasteiger partial charge in [0.15, 0.2) is 0 Å². The molecule has 11 aromatic rings. The van der Waals surface area contributed by atoms with Crippen LogP contribution in [0.3, 0.4) is 0 Å². The number of hydrogen-bond donors (Lipinski definition) is 1. The number of benzene rings is 10. The number of imidazole rings is 1. The Morgan fingerprint density at radius 3 is 1.73 bits per heavy atom. The molecule has 0 aliphatic carbocycles. The van der Waals surface area contributed by atoms with Gasteiger partial charge in [0, 0.05) is 28.6 Å². The van der Waals surface area contributed by atoms with Crippen molar-refractivity contribution in [3.8, 4) is 39.3 Å². The number of rotatable bonds is 5. The zero-order chi connectivity index (χ0) is 40.7. The molecule has 2 aliphatic rings. The summed E-state index contributed by atoms with van der Waals surface area (Å²) in [7, 11) is 0. The number of para-hydroxylation sites is 3. The third-order valence-corrected chi connectivity index (χ3v) is 12.9. The van der Waals surface area contributed by atoms with Gasteiger partial charge < -0.3 is 10.2 Å². The van der Waals surface area contributed by atoms with E-state index in [4.69, 9.17) is 4.98 Å². The second-order valence-corrected chi connectivity index (χ2v) is 16.5. The van der Waals surface area contributed by atoms with Gasteiger partial charge in [-0.1, -0.05) is 158 Å². The molecule has 1 N–H and O–H groups in total. The van der Waals surface area contributed by atoms with Crippen molar-refractivity contribution >= 4 is 71.1 Å². The lowest BCUT2D eigenvalue weighted by atomic mass is 9.87. The molecule has 0 fully saturated rings. The Hall–Kier alpha value is -8.21. The highest BCUT2D eigenvalue weighted by Gasteiger charge is 2.35. The highest BCUT2D eigenvalue weighted by molar-refractivity contribution is 6.19. The fourth-order valence-electron chi connectivity index (χ4n) is 9.93. The fourth-order valence-corrected chi connectivity index (χ4v) is 9.93. The van der Waals surface area contributed by atoms with Crippen molar-refractivity contribution in [1.82, 2.24) is 9.55 Å². The van der Waals surface area contributed by atoms with Crippen molar-refractivity contribution in [2.75, 3.05) is 10.2 Å². The van der Waals surface area contributed by atoms with E-state index in [1.54, 1.807) is 0 Å². The Labute approximate surface area is 359 Å². The highest BCUT2D eigenvalue weighted by atomic mass is 15.3. The summed E-state index contributed by atoms with van der Waals surface area (Å²) in [6.07, 6.45) is 6.90. The Balaban J connectivity index is 0.961. The molecule has 0 saturated heterocycles. The standard InChI is InChI=1S/C58H38N4/c1-2-16-48(17-3-1)62-52-21-11-10-20-51(52)59-58(62)46-29-26-41-32-43(25-24-42(41)35-46)47-30-31-53-60-56-54(44-27-22-37-12-4-6-14-39(37)33-44)49-18-8-9-19-50(49)55(57(56)61(53)36-47)45-28-23-38-13-5-7-15-40(38)34-45/h1-36,53,60H. The Morgan fingerprint density at radius 1 is 0.452 bits per heavy atom. The molecule has 3 heterocycles. The predicted molar refractivity (Wildman–Crippen MR) is 261 cm³/mol. The first-order chi connectivity index (χ1) is 30.7. The molecule has 0 spiro atoms. The maximum atomic E-state index is 5.14. The number of nitrogens with zero attached hydrogens (tertiary/aromatic N) is 3. The number of hydrogen-bond acceptors (Lipinski definition) is 3. The molecule has 290 valence electrons. The molecule has 4 nitrogen and oxygen atoms in total. The van der Waals surface area contributed by atoms with Crippen molar-refractivity contribution in [2.24, 2.45) is 0 Å². The van der Waals surface area contributed by atoms with Gasteiger partial charge in [-0.05, 0) is 120 Å². The summed E-state index contributed by atoms with van der Waals surface area (Å²) in [6.45, 7) is 0. The number of anilines is 2. The molecule has 1 atom stereocenters. The summed E-state index contributed by atoms with van der Waals surface area (Å²) in [5, 5.41) is 13.8. The van der Waals surface area contributed by atoms with Gasteiger partial charge in [-0.2, -0.15) is 0 Å². The molecule has 0 saturated carbocycles. The molecular weight excluding hydrogens is 753 g/mol. The van der Waals surface area contributed by atoms with Crippen molar-refractivity contribution in [1.29, 1.82) is 0 Å². The summed E-state index contributed by atoms with van der Waals surface area (Å²) in [4.78, 5) is 7.61. The lowest BCUT2D eigenvalue weighted by molar-refractivity contribution is 0.911. The Kier molecular flexibility index (Phi) is 7.63. The molecule has 0 bridgehead atoms. The molecule has 4 heteroatoms. The first kappa shape index (κ1) is 34.6. The first-order valence-corrected chi connectivity index (χ1v) is 21.3. The third-order valence-electron chi connectivity index (χ3n) is 12.9. The van der Waals surface area contributed by atoms with Crippen molar-refractivity contribution in [2.45, 2.75) is 6.17 Å². The van der Waals surface area contributed by atoms with Crippen LogP contribution in [-0.4, -0.2) is 15.7 Å². The van der Waals surface area contributed by atoms with Crippen LogP contribution >= 0.6 is 0 Å². The molecule has 0 amide bonds. The zero-order valence-corrected chi connectivity index (χ0v) is 33.7. The largest absolute Gasteiger partial charge is 0.359 e. The Morgan fingerprint density at radius 2 is 0.984 bits per heavy atom. The molecule has 1 unspecified atom stereocenters. The second-order valence-electron chi connectivity index (χ2n) is 16.5. The normalized spacial score (nSPS) is 14.4. The number of fused-ring (bicyclic) bond motifs is 8. The van der Waals surface area contributed by atoms with Gasteiger partial charge >= 0.3 is 0 Å². The first-order valence-electron chi connectivity index (χ1n) is 21.3. The van der Waals surface area contributed by atoms with E-state index in [0.717, 1.165) is 39.4 Å². The topological polar surface area (TPSA) is 33.1 Å². The van der Waals surface area contributed by atoms with Gasteiger partial charge in [0.2, 0.25) is 0 Å². The van der Waals surface area contributed by atoms with Gasteiger partial charge in [0.1, 0.15) is 12.0 Å². The van der Waals surface area contributed by atoms with E-state index >= 15 is 0 Å². The van der Waals surface area contributed by atoms with E-state index in [-0.39, 0.29) is 6.17 Å². The van der Waals surface area contributed by atoms with Crippen LogP contribution in [0.2, 0.25) is 0 Å². The molecule has 10 aromatic carbocycles. The summed E-state index contributed by atoms with van der Waals surface area (Å²) in [5.41, 5.74) is 13.8. The molecule has 1 aromatic heterocycles. The number of allylic oxidation sites excluding steroid dienone is 2. The van der Waals surface area contributed by atoms with Crippen LogP contribution < -0.4 is 10.2 Å². The highest BCUT2D eigenvalue weighted by Crippen LogP contribution is 2.54. The van der Waals surface area contributed by atoms with Crippen molar-refractivity contribution < 1.29 is 0 Å². The van der Waals surface area contributed by atoms with Gasteiger partial charge in [0.25, 0.3) is 0 Å². The van der Waals surface area contributed by atoms with E-state index in [9.17, 15) is 0 Å². The minimum absolute atomic E-state index is 0.0455. The maximum Gasteiger partial charge on any atom is 0.145 e. The van der Waals surface area contributed by atoms with Crippen LogP contribution in [0, 0.1) is 0 Å². The van der Waals surface area contributed by atoms with E-state index in [1.165, 1.54) is 76.6 Å². The second kappa shape index (κ2) is 13.7. The van der Waals surface area contributed by atoms with Gasteiger partial charge in [-0.15, -0.1) is 0 Å². The third kappa shape index (κ3) is 5.43. The summed E-state index contributed by atoms with van der Waals surface area (Å²) in [6, 6.07) is 72.5. The lowest BCUT2D eigenvalue weighted by Gasteiger charge is -2.27. The predicted octanol–water partition coefficient (Wildman–Crippen LogP) is 14.8. The minimum Gasteiger partial charge on any atom is -0.359 e. The van der Waals surface area contributed by atoms with Gasteiger partial charge in [-0.25, -0.2) is 4.98 Å². The summed E-state index contributed by atoms with van der Waals surface area (Å²) in [5.74, 6) is 0.935. The van der Waals surface area contributed by atoms with Gasteiger partial charge in [0.05, 0.1) is 22.4 Å². The van der Waals surface area contributed by atoms with Crippen LogP contribution in [0.4, 0.5) is 11.4 Å². The molecule has 0 radical (unpaired) electrons.